The van der Waals surface area contributed by atoms with Crippen LogP contribution in [-0.2, 0) is 41.7 Å². The van der Waals surface area contributed by atoms with Crippen molar-refractivity contribution in [2.24, 2.45) is 7.05 Å². The number of nitrogens with one attached hydrogen (secondary N) is 1. The molecule has 2 aliphatic heterocycles. The number of hydrogen-bond acceptors (Lipinski definition) is 5. The Labute approximate surface area is 210 Å². The van der Waals surface area contributed by atoms with E-state index in [0.29, 0.717) is 25.1 Å². The third-order valence-corrected chi connectivity index (χ3v) is 7.25. The zero-order chi connectivity index (χ0) is 25.1. The van der Waals surface area contributed by atoms with E-state index in [4.69, 9.17) is 4.74 Å². The van der Waals surface area contributed by atoms with Gasteiger partial charge in [0.05, 0.1) is 29.9 Å². The first-order valence-corrected chi connectivity index (χ1v) is 12.5. The fourth-order valence-corrected chi connectivity index (χ4v) is 5.49. The first kappa shape index (κ1) is 24.2. The molecule has 1 aromatic heterocycles. The number of nitrogens with zero attached hydrogens (tertiary/aromatic N) is 3. The van der Waals surface area contributed by atoms with Crippen molar-refractivity contribution in [3.05, 3.63) is 88.7 Å². The van der Waals surface area contributed by atoms with Crippen molar-refractivity contribution >= 4 is 11.9 Å². The highest BCUT2D eigenvalue weighted by Gasteiger charge is 2.43. The minimum absolute atomic E-state index is 0.0193. The van der Waals surface area contributed by atoms with Crippen LogP contribution in [0.25, 0.3) is 0 Å². The summed E-state index contributed by atoms with van der Waals surface area (Å²) in [5.41, 5.74) is 4.39. The third-order valence-electron chi connectivity index (χ3n) is 7.25. The molecular weight excluding hydrogens is 456 g/mol. The van der Waals surface area contributed by atoms with E-state index in [1.165, 1.54) is 11.1 Å². The predicted octanol–water partition coefficient (Wildman–Crippen LogP) is 3.26. The zero-order valence-corrected chi connectivity index (χ0v) is 20.5. The number of ether oxygens (including phenoxy) is 1. The quantitative estimate of drug-likeness (QED) is 0.530. The summed E-state index contributed by atoms with van der Waals surface area (Å²) in [6, 6.07) is 15.6. The molecule has 0 bridgehead atoms. The number of carbonyl (C=O) groups excluding carboxylic acids is 1. The van der Waals surface area contributed by atoms with Crippen molar-refractivity contribution in [1.29, 1.82) is 0 Å². The highest BCUT2D eigenvalue weighted by Crippen LogP contribution is 2.44. The number of carboxylic acid groups (broad SMARTS) is 1. The Morgan fingerprint density at radius 2 is 1.94 bits per heavy atom. The number of aromatic nitrogens is 2. The molecule has 36 heavy (non-hydrogen) atoms. The zero-order valence-electron chi connectivity index (χ0n) is 20.5. The summed E-state index contributed by atoms with van der Waals surface area (Å²) in [4.78, 5) is 26.4. The molecule has 0 radical (unpaired) electrons. The molecule has 2 aromatic carbocycles. The van der Waals surface area contributed by atoms with Gasteiger partial charge < -0.3 is 15.2 Å². The average molecular weight is 489 g/mol. The van der Waals surface area contributed by atoms with Crippen LogP contribution in [0.4, 0.5) is 0 Å². The van der Waals surface area contributed by atoms with Gasteiger partial charge in [0.25, 0.3) is 0 Å². The number of rotatable bonds is 7. The van der Waals surface area contributed by atoms with Gasteiger partial charge in [-0.2, -0.15) is 5.10 Å². The molecule has 1 saturated heterocycles. The molecule has 1 unspecified atom stereocenters. The number of hydrogen-bond donors (Lipinski definition) is 2. The van der Waals surface area contributed by atoms with Gasteiger partial charge in [-0.15, -0.1) is 0 Å². The summed E-state index contributed by atoms with van der Waals surface area (Å²) in [6.07, 6.45) is 6.19. The fourth-order valence-electron chi connectivity index (χ4n) is 5.49. The van der Waals surface area contributed by atoms with Crippen LogP contribution in [0, 0.1) is 0 Å². The molecule has 3 aromatic rings. The first-order valence-electron chi connectivity index (χ1n) is 12.5. The second kappa shape index (κ2) is 10.2. The maximum Gasteiger partial charge on any atom is 0.335 e. The van der Waals surface area contributed by atoms with Crippen LogP contribution in [-0.4, -0.2) is 50.9 Å². The summed E-state index contributed by atoms with van der Waals surface area (Å²) >= 11 is 0. The van der Waals surface area contributed by atoms with Crippen LogP contribution in [0.1, 0.15) is 51.9 Å². The molecule has 2 aliphatic rings. The first-order chi connectivity index (χ1) is 17.4. The Hall–Kier alpha value is -3.49. The van der Waals surface area contributed by atoms with Gasteiger partial charge in [0.15, 0.2) is 0 Å². The van der Waals surface area contributed by atoms with Crippen molar-refractivity contribution in [2.45, 2.75) is 50.5 Å². The molecule has 1 fully saturated rings. The number of carbonyl (C=O) groups is 2. The Morgan fingerprint density at radius 1 is 1.14 bits per heavy atom. The monoisotopic (exact) mass is 488 g/mol. The number of aryl methyl sites for hydroxylation is 1. The van der Waals surface area contributed by atoms with Crippen molar-refractivity contribution in [3.8, 4) is 0 Å². The molecule has 8 nitrogen and oxygen atoms in total. The van der Waals surface area contributed by atoms with Gasteiger partial charge in [-0.3, -0.25) is 14.4 Å². The van der Waals surface area contributed by atoms with Gasteiger partial charge in [0.1, 0.15) is 0 Å². The van der Waals surface area contributed by atoms with E-state index in [1.807, 2.05) is 19.3 Å². The number of carboxylic acids is 1. The molecule has 188 valence electrons. The van der Waals surface area contributed by atoms with Gasteiger partial charge in [-0.05, 0) is 48.1 Å². The van der Waals surface area contributed by atoms with E-state index in [-0.39, 0.29) is 12.0 Å². The second-order valence-electron chi connectivity index (χ2n) is 9.88. The lowest BCUT2D eigenvalue weighted by Crippen LogP contribution is -2.49. The highest BCUT2D eigenvalue weighted by atomic mass is 16.5. The number of amides is 1. The second-order valence-corrected chi connectivity index (χ2v) is 9.88. The Morgan fingerprint density at radius 3 is 2.69 bits per heavy atom. The molecular formula is C28H32N4O4. The minimum atomic E-state index is -0.905. The minimum Gasteiger partial charge on any atom is -0.478 e. The normalized spacial score (nSPS) is 19.1. The van der Waals surface area contributed by atoms with Crippen LogP contribution >= 0.6 is 0 Å². The van der Waals surface area contributed by atoms with Crippen LogP contribution in [0.5, 0.6) is 0 Å². The number of benzene rings is 2. The van der Waals surface area contributed by atoms with E-state index >= 15 is 0 Å². The summed E-state index contributed by atoms with van der Waals surface area (Å²) in [7, 11) is 1.86. The van der Waals surface area contributed by atoms with Crippen molar-refractivity contribution in [3.63, 3.8) is 0 Å². The van der Waals surface area contributed by atoms with Gasteiger partial charge >= 0.3 is 5.97 Å². The predicted molar refractivity (Wildman–Crippen MR) is 134 cm³/mol. The lowest BCUT2D eigenvalue weighted by Gasteiger charge is -2.47. The Bertz CT molecular complexity index is 1250. The van der Waals surface area contributed by atoms with Crippen molar-refractivity contribution in [1.82, 2.24) is 20.0 Å². The Balaban J connectivity index is 1.24. The molecule has 1 amide bonds. The molecule has 2 N–H and O–H groups in total. The molecule has 0 aliphatic carbocycles. The lowest BCUT2D eigenvalue weighted by molar-refractivity contribution is -0.150. The number of aromatic carboxylic acids is 1. The van der Waals surface area contributed by atoms with Crippen molar-refractivity contribution < 1.29 is 19.4 Å². The average Bonchev–Trinajstić information content (AvgIpc) is 3.29. The van der Waals surface area contributed by atoms with E-state index < -0.39 is 11.6 Å². The van der Waals surface area contributed by atoms with E-state index in [0.717, 1.165) is 43.5 Å². The van der Waals surface area contributed by atoms with Crippen LogP contribution in [0.2, 0.25) is 0 Å². The van der Waals surface area contributed by atoms with Gasteiger partial charge in [-0.25, -0.2) is 4.79 Å². The van der Waals surface area contributed by atoms with Crippen LogP contribution < -0.4 is 5.32 Å². The van der Waals surface area contributed by atoms with E-state index in [2.05, 4.69) is 39.6 Å². The molecule has 3 heterocycles. The topological polar surface area (TPSA) is 96.7 Å². The molecule has 1 spiro atoms. The van der Waals surface area contributed by atoms with Crippen LogP contribution in [0.3, 0.4) is 0 Å². The molecule has 1 atom stereocenters. The van der Waals surface area contributed by atoms with Crippen LogP contribution in [0.15, 0.2) is 60.9 Å². The maximum atomic E-state index is 12.7. The molecule has 0 saturated carbocycles. The number of piperidine rings is 1. The van der Waals surface area contributed by atoms with Gasteiger partial charge in [-0.1, -0.05) is 36.4 Å². The smallest absolute Gasteiger partial charge is 0.335 e. The standard InChI is InChI=1S/C28H32N4O4/c1-31-18-21(17-30-31)16-29-26(33)15-24-14-22-6-2-3-8-25(22)28(36-24)9-11-32(12-10-28)19-20-5-4-7-23(13-20)27(34)35/h2-8,13,17-18,24H,9-12,14-16,19H2,1H3,(H,29,33)(H,34,35). The molecule has 8 heteroatoms. The SMILES string of the molecule is Cn1cc(CNC(=O)CC2Cc3ccccc3C3(CCN(Cc4cccc(C(=O)O)c4)CC3)O2)cn1. The van der Waals surface area contributed by atoms with Gasteiger partial charge in [0.2, 0.25) is 5.91 Å². The summed E-state index contributed by atoms with van der Waals surface area (Å²) in [5, 5.41) is 16.4. The summed E-state index contributed by atoms with van der Waals surface area (Å²) < 4.78 is 8.46. The van der Waals surface area contributed by atoms with Gasteiger partial charge in [0, 0.05) is 45.0 Å². The van der Waals surface area contributed by atoms with E-state index in [9.17, 15) is 14.7 Å². The largest absolute Gasteiger partial charge is 0.478 e. The maximum absolute atomic E-state index is 12.7. The summed E-state index contributed by atoms with van der Waals surface area (Å²) in [5.74, 6) is -0.925. The highest BCUT2D eigenvalue weighted by molar-refractivity contribution is 5.87. The third kappa shape index (κ3) is 5.34. The number of likely N-dealkylation sites (tertiary alicyclic amines) is 1. The number of fused-ring (bicyclic) bond motifs is 2. The molecule has 5 rings (SSSR count). The lowest BCUT2D eigenvalue weighted by atomic mass is 9.77. The summed E-state index contributed by atoms with van der Waals surface area (Å²) in [6.45, 7) is 2.84. The fraction of sp³-hybridized carbons (Fsp3) is 0.393. The van der Waals surface area contributed by atoms with E-state index in [1.54, 1.807) is 29.1 Å². The Kier molecular flexibility index (Phi) is 6.89. The van der Waals surface area contributed by atoms with Crippen molar-refractivity contribution in [2.75, 3.05) is 13.1 Å².